The Morgan fingerprint density at radius 1 is 1.48 bits per heavy atom. The highest BCUT2D eigenvalue weighted by molar-refractivity contribution is 7.91. The lowest BCUT2D eigenvalue weighted by molar-refractivity contribution is -0.127. The van der Waals surface area contributed by atoms with Crippen molar-refractivity contribution >= 4 is 27.6 Å². The summed E-state index contributed by atoms with van der Waals surface area (Å²) in [5.41, 5.74) is 5.97. The highest BCUT2D eigenvalue weighted by atomic mass is 32.2. The summed E-state index contributed by atoms with van der Waals surface area (Å²) in [6.07, 6.45) is 1.54. The van der Waals surface area contributed by atoms with Gasteiger partial charge >= 0.3 is 10.2 Å². The van der Waals surface area contributed by atoms with E-state index < -0.39 is 15.6 Å². The van der Waals surface area contributed by atoms with E-state index in [4.69, 9.17) is 10.5 Å². The quantitative estimate of drug-likeness (QED) is 0.715. The van der Waals surface area contributed by atoms with Crippen LogP contribution in [0.4, 0.5) is 5.69 Å². The van der Waals surface area contributed by atoms with Crippen molar-refractivity contribution in [1.82, 2.24) is 5.32 Å². The lowest BCUT2D eigenvalue weighted by Gasteiger charge is -2.21. The van der Waals surface area contributed by atoms with Gasteiger partial charge in [0.05, 0.1) is 16.7 Å². The predicted octanol–water partition coefficient (Wildman–Crippen LogP) is 0.357. The molecule has 1 aliphatic carbocycles. The molecule has 23 heavy (non-hydrogen) atoms. The number of fused-ring (bicyclic) bond motifs is 1. The first-order valence-electron chi connectivity index (χ1n) is 7.29. The van der Waals surface area contributed by atoms with E-state index in [2.05, 4.69) is 14.4 Å². The molecule has 0 aromatic heterocycles. The molecule has 1 saturated carbocycles. The lowest BCUT2D eigenvalue weighted by atomic mass is 10.1. The Morgan fingerprint density at radius 3 is 2.87 bits per heavy atom. The number of carbonyl (C=O) groups is 1. The summed E-state index contributed by atoms with van der Waals surface area (Å²) >= 11 is 0. The Labute approximate surface area is 134 Å². The zero-order valence-electron chi connectivity index (χ0n) is 12.6. The maximum Gasteiger partial charge on any atom is 0.344 e. The van der Waals surface area contributed by atoms with E-state index in [1.54, 1.807) is 18.2 Å². The molecule has 124 valence electrons. The monoisotopic (exact) mass is 338 g/mol. The highest BCUT2D eigenvalue weighted by Crippen LogP contribution is 2.46. The van der Waals surface area contributed by atoms with Gasteiger partial charge in [-0.1, -0.05) is 6.07 Å². The fourth-order valence-corrected chi connectivity index (χ4v) is 3.33. The van der Waals surface area contributed by atoms with Crippen LogP contribution in [0.1, 0.15) is 25.3 Å². The minimum atomic E-state index is -3.82. The number of nitrogens with two attached hydrogens (primary N) is 1. The van der Waals surface area contributed by atoms with Crippen LogP contribution < -0.4 is 20.5 Å². The molecule has 1 aromatic rings. The summed E-state index contributed by atoms with van der Waals surface area (Å²) in [7, 11) is -3.82. The van der Waals surface area contributed by atoms with E-state index in [9.17, 15) is 13.2 Å². The van der Waals surface area contributed by atoms with Gasteiger partial charge in [-0.25, -0.2) is 0 Å². The summed E-state index contributed by atoms with van der Waals surface area (Å²) in [6, 6.07) is 4.91. The third-order valence-electron chi connectivity index (χ3n) is 3.92. The van der Waals surface area contributed by atoms with Crippen LogP contribution in [0, 0.1) is 5.41 Å². The molecule has 4 N–H and O–H groups in total. The van der Waals surface area contributed by atoms with Gasteiger partial charge in [-0.05, 0) is 31.9 Å². The van der Waals surface area contributed by atoms with Crippen LogP contribution in [-0.2, 0) is 15.0 Å². The van der Waals surface area contributed by atoms with E-state index in [1.165, 1.54) is 0 Å². The second-order valence-electron chi connectivity index (χ2n) is 5.66. The van der Waals surface area contributed by atoms with E-state index in [0.29, 0.717) is 23.5 Å². The average molecular weight is 338 g/mol. The third-order valence-corrected chi connectivity index (χ3v) is 4.83. The molecule has 3 rings (SSSR count). The number of nitrogens with one attached hydrogen (secondary N) is 2. The SMILES string of the molecule is CCNC(=O)C1(COc2cccc3c2C(N)=NS(=O)(=O)N3)CC1. The standard InChI is InChI=1S/C14H18N4O4S/c1-2-16-13(19)14(6-7-14)8-22-10-5-3-4-9-11(10)12(15)18-23(20,21)17-9/h3-5,17H,2,6-8H2,1H3,(H2,15,18)(H,16,19). The molecule has 0 radical (unpaired) electrons. The zero-order valence-corrected chi connectivity index (χ0v) is 13.4. The second kappa shape index (κ2) is 5.41. The van der Waals surface area contributed by atoms with Crippen LogP contribution in [0.25, 0.3) is 0 Å². The van der Waals surface area contributed by atoms with Crippen molar-refractivity contribution in [2.45, 2.75) is 19.8 Å². The molecule has 2 aliphatic rings. The molecule has 0 spiro atoms. The van der Waals surface area contributed by atoms with Gasteiger partial charge in [0.2, 0.25) is 5.91 Å². The Hall–Kier alpha value is -2.29. The van der Waals surface area contributed by atoms with E-state index in [0.717, 1.165) is 12.8 Å². The smallest absolute Gasteiger partial charge is 0.344 e. The first-order valence-corrected chi connectivity index (χ1v) is 8.73. The van der Waals surface area contributed by atoms with Crippen LogP contribution in [0.3, 0.4) is 0 Å². The maximum atomic E-state index is 12.1. The maximum absolute atomic E-state index is 12.1. The van der Waals surface area contributed by atoms with Crippen molar-refractivity contribution < 1.29 is 17.9 Å². The van der Waals surface area contributed by atoms with Gasteiger partial charge in [-0.2, -0.15) is 8.42 Å². The number of anilines is 1. The van der Waals surface area contributed by atoms with Gasteiger partial charge in [0.25, 0.3) is 0 Å². The van der Waals surface area contributed by atoms with Crippen molar-refractivity contribution in [3.8, 4) is 5.75 Å². The molecule has 0 saturated heterocycles. The van der Waals surface area contributed by atoms with Gasteiger partial charge < -0.3 is 15.8 Å². The number of benzene rings is 1. The molecule has 0 bridgehead atoms. The van der Waals surface area contributed by atoms with Gasteiger partial charge in [-0.15, -0.1) is 4.40 Å². The fourth-order valence-electron chi connectivity index (χ4n) is 2.49. The Kier molecular flexibility index (Phi) is 3.67. The molecule has 0 unspecified atom stereocenters. The van der Waals surface area contributed by atoms with Crippen LogP contribution in [0.15, 0.2) is 22.6 Å². The Bertz CT molecular complexity index is 784. The van der Waals surface area contributed by atoms with E-state index >= 15 is 0 Å². The molecular formula is C14H18N4O4S. The first kappa shape index (κ1) is 15.6. The molecule has 1 aromatic carbocycles. The van der Waals surface area contributed by atoms with Gasteiger partial charge in [-0.3, -0.25) is 9.52 Å². The van der Waals surface area contributed by atoms with Crippen LogP contribution in [-0.4, -0.2) is 33.3 Å². The molecule has 9 heteroatoms. The summed E-state index contributed by atoms with van der Waals surface area (Å²) in [4.78, 5) is 12.1. The fraction of sp³-hybridized carbons (Fsp3) is 0.429. The van der Waals surface area contributed by atoms with Gasteiger partial charge in [0.1, 0.15) is 12.4 Å². The minimum absolute atomic E-state index is 0.0212. The van der Waals surface area contributed by atoms with Crippen LogP contribution in [0.5, 0.6) is 5.75 Å². The first-order chi connectivity index (χ1) is 10.9. The van der Waals surface area contributed by atoms with Gasteiger partial charge in [0, 0.05) is 6.54 Å². The number of rotatable bonds is 5. The summed E-state index contributed by atoms with van der Waals surface area (Å²) < 4.78 is 34.6. The molecule has 1 aliphatic heterocycles. The zero-order chi connectivity index (χ0) is 16.7. The largest absolute Gasteiger partial charge is 0.492 e. The normalized spacial score (nSPS) is 19.8. The summed E-state index contributed by atoms with van der Waals surface area (Å²) in [5.74, 6) is 0.256. The number of carbonyl (C=O) groups excluding carboxylic acids is 1. The number of ether oxygens (including phenoxy) is 1. The van der Waals surface area contributed by atoms with Crippen molar-refractivity contribution in [1.29, 1.82) is 0 Å². The number of nitrogens with zero attached hydrogens (tertiary/aromatic N) is 1. The van der Waals surface area contributed by atoms with E-state index in [-0.39, 0.29) is 18.3 Å². The molecule has 1 heterocycles. The average Bonchev–Trinajstić information content (AvgIpc) is 3.25. The number of amidine groups is 1. The van der Waals surface area contributed by atoms with Crippen molar-refractivity contribution in [3.05, 3.63) is 23.8 Å². The number of amides is 1. The summed E-state index contributed by atoms with van der Waals surface area (Å²) in [5, 5.41) is 2.81. The predicted molar refractivity (Wildman–Crippen MR) is 85.6 cm³/mol. The van der Waals surface area contributed by atoms with Crippen molar-refractivity contribution in [2.75, 3.05) is 17.9 Å². The number of hydrogen-bond acceptors (Lipinski definition) is 5. The molecular weight excluding hydrogens is 320 g/mol. The molecule has 1 fully saturated rings. The Morgan fingerprint density at radius 2 is 2.22 bits per heavy atom. The highest BCUT2D eigenvalue weighted by Gasteiger charge is 2.50. The van der Waals surface area contributed by atoms with Gasteiger partial charge in [0.15, 0.2) is 5.84 Å². The van der Waals surface area contributed by atoms with Crippen LogP contribution >= 0.6 is 0 Å². The summed E-state index contributed by atoms with van der Waals surface area (Å²) in [6.45, 7) is 2.66. The third kappa shape index (κ3) is 2.96. The molecule has 1 amide bonds. The molecule has 0 atom stereocenters. The number of hydrogen-bond donors (Lipinski definition) is 3. The lowest BCUT2D eigenvalue weighted by Crippen LogP contribution is -2.35. The Balaban J connectivity index is 1.82. The second-order valence-corrected chi connectivity index (χ2v) is 7.00. The topological polar surface area (TPSA) is 123 Å². The minimum Gasteiger partial charge on any atom is -0.492 e. The van der Waals surface area contributed by atoms with Crippen molar-refractivity contribution in [3.63, 3.8) is 0 Å². The van der Waals surface area contributed by atoms with E-state index in [1.807, 2.05) is 6.92 Å². The molecule has 8 nitrogen and oxygen atoms in total. The van der Waals surface area contributed by atoms with Crippen LogP contribution in [0.2, 0.25) is 0 Å². The van der Waals surface area contributed by atoms with Crippen molar-refractivity contribution in [2.24, 2.45) is 15.5 Å².